The van der Waals surface area contributed by atoms with E-state index >= 15 is 0 Å². The van der Waals surface area contributed by atoms with Gasteiger partial charge in [0.05, 0.1) is 18.4 Å². The molecule has 0 bridgehead atoms. The van der Waals surface area contributed by atoms with E-state index in [-0.39, 0.29) is 11.7 Å². The Morgan fingerprint density at radius 3 is 2.80 bits per heavy atom. The zero-order valence-corrected chi connectivity index (χ0v) is 12.2. The van der Waals surface area contributed by atoms with Gasteiger partial charge in [0.15, 0.2) is 11.0 Å². The first-order chi connectivity index (χ1) is 9.67. The molecular weight excluding hydrogens is 276 g/mol. The third-order valence-electron chi connectivity index (χ3n) is 2.72. The number of carbonyl (C=O) groups is 1. The molecule has 0 spiro atoms. The SMILES string of the molecule is CCn1c(SCC(N)=O)nnc1-c1ccccc1OC. The van der Waals surface area contributed by atoms with Gasteiger partial charge in [-0.2, -0.15) is 0 Å². The van der Waals surface area contributed by atoms with Crippen LogP contribution in [0.4, 0.5) is 0 Å². The average Bonchev–Trinajstić information content (AvgIpc) is 2.87. The summed E-state index contributed by atoms with van der Waals surface area (Å²) in [6, 6.07) is 7.62. The zero-order valence-electron chi connectivity index (χ0n) is 11.4. The van der Waals surface area contributed by atoms with Crippen molar-refractivity contribution in [1.82, 2.24) is 14.8 Å². The number of benzene rings is 1. The Morgan fingerprint density at radius 2 is 2.15 bits per heavy atom. The van der Waals surface area contributed by atoms with Crippen molar-refractivity contribution >= 4 is 17.7 Å². The molecule has 0 aliphatic rings. The topological polar surface area (TPSA) is 83.0 Å². The minimum Gasteiger partial charge on any atom is -0.496 e. The number of methoxy groups -OCH3 is 1. The molecule has 0 saturated carbocycles. The Hall–Kier alpha value is -2.02. The summed E-state index contributed by atoms with van der Waals surface area (Å²) in [7, 11) is 1.62. The van der Waals surface area contributed by atoms with E-state index in [0.717, 1.165) is 17.1 Å². The minimum atomic E-state index is -0.375. The Kier molecular flexibility index (Phi) is 4.62. The molecule has 2 rings (SSSR count). The number of hydrogen-bond donors (Lipinski definition) is 1. The van der Waals surface area contributed by atoms with Crippen LogP contribution in [0.3, 0.4) is 0 Å². The van der Waals surface area contributed by atoms with E-state index in [4.69, 9.17) is 10.5 Å². The summed E-state index contributed by atoms with van der Waals surface area (Å²) in [6.45, 7) is 2.69. The molecule has 0 saturated heterocycles. The molecule has 20 heavy (non-hydrogen) atoms. The van der Waals surface area contributed by atoms with Crippen LogP contribution in [0.1, 0.15) is 6.92 Å². The number of ether oxygens (including phenoxy) is 1. The number of thioether (sulfide) groups is 1. The van der Waals surface area contributed by atoms with Crippen molar-refractivity contribution in [1.29, 1.82) is 0 Å². The number of para-hydroxylation sites is 1. The van der Waals surface area contributed by atoms with Gasteiger partial charge < -0.3 is 15.0 Å². The largest absolute Gasteiger partial charge is 0.496 e. The van der Waals surface area contributed by atoms with Crippen LogP contribution in [0.2, 0.25) is 0 Å². The van der Waals surface area contributed by atoms with Crippen LogP contribution < -0.4 is 10.5 Å². The van der Waals surface area contributed by atoms with Crippen molar-refractivity contribution in [2.24, 2.45) is 5.73 Å². The van der Waals surface area contributed by atoms with Gasteiger partial charge in [0.2, 0.25) is 5.91 Å². The maximum atomic E-state index is 10.9. The predicted octanol–water partition coefficient (Wildman–Crippen LogP) is 1.55. The first kappa shape index (κ1) is 14.4. The van der Waals surface area contributed by atoms with Crippen LogP contribution in [-0.4, -0.2) is 33.5 Å². The normalized spacial score (nSPS) is 10.5. The Balaban J connectivity index is 2.39. The lowest BCUT2D eigenvalue weighted by molar-refractivity contribution is -0.115. The van der Waals surface area contributed by atoms with Crippen molar-refractivity contribution in [2.75, 3.05) is 12.9 Å². The van der Waals surface area contributed by atoms with Crippen molar-refractivity contribution in [3.63, 3.8) is 0 Å². The molecule has 2 aromatic rings. The molecule has 0 radical (unpaired) electrons. The fourth-order valence-electron chi connectivity index (χ4n) is 1.84. The Bertz CT molecular complexity index is 612. The second-order valence-electron chi connectivity index (χ2n) is 4.01. The quantitative estimate of drug-likeness (QED) is 0.817. The van der Waals surface area contributed by atoms with Crippen LogP contribution >= 0.6 is 11.8 Å². The molecule has 2 N–H and O–H groups in total. The summed E-state index contributed by atoms with van der Waals surface area (Å²) in [5.74, 6) is 1.27. The van der Waals surface area contributed by atoms with Gasteiger partial charge in [0, 0.05) is 6.54 Å². The Labute approximate surface area is 121 Å². The molecule has 0 aliphatic carbocycles. The van der Waals surface area contributed by atoms with Gasteiger partial charge in [-0.05, 0) is 19.1 Å². The van der Waals surface area contributed by atoms with Crippen molar-refractivity contribution in [3.05, 3.63) is 24.3 Å². The van der Waals surface area contributed by atoms with Gasteiger partial charge in [-0.25, -0.2) is 0 Å². The van der Waals surface area contributed by atoms with Crippen LogP contribution in [0.5, 0.6) is 5.75 Å². The van der Waals surface area contributed by atoms with Gasteiger partial charge in [-0.3, -0.25) is 4.79 Å². The summed E-state index contributed by atoms with van der Waals surface area (Å²) >= 11 is 1.28. The number of aromatic nitrogens is 3. The van der Waals surface area contributed by atoms with Crippen LogP contribution in [0, 0.1) is 0 Å². The van der Waals surface area contributed by atoms with Gasteiger partial charge in [0.25, 0.3) is 0 Å². The second-order valence-corrected chi connectivity index (χ2v) is 4.95. The van der Waals surface area contributed by atoms with Gasteiger partial charge in [0.1, 0.15) is 5.75 Å². The lowest BCUT2D eigenvalue weighted by atomic mass is 10.2. The predicted molar refractivity (Wildman–Crippen MR) is 77.6 cm³/mol. The first-order valence-electron chi connectivity index (χ1n) is 6.15. The Morgan fingerprint density at radius 1 is 1.40 bits per heavy atom. The number of rotatable bonds is 6. The highest BCUT2D eigenvalue weighted by atomic mass is 32.2. The van der Waals surface area contributed by atoms with E-state index in [9.17, 15) is 4.79 Å². The van der Waals surface area contributed by atoms with E-state index in [1.54, 1.807) is 7.11 Å². The number of hydrogen-bond acceptors (Lipinski definition) is 5. The summed E-state index contributed by atoms with van der Waals surface area (Å²) in [4.78, 5) is 10.9. The van der Waals surface area contributed by atoms with E-state index in [0.29, 0.717) is 11.7 Å². The van der Waals surface area contributed by atoms with Crippen molar-refractivity contribution < 1.29 is 9.53 Å². The van der Waals surface area contributed by atoms with Crippen molar-refractivity contribution in [2.45, 2.75) is 18.6 Å². The molecule has 7 heteroatoms. The lowest BCUT2D eigenvalue weighted by Crippen LogP contribution is -2.13. The molecule has 0 fully saturated rings. The lowest BCUT2D eigenvalue weighted by Gasteiger charge is -2.09. The van der Waals surface area contributed by atoms with Crippen LogP contribution in [0.15, 0.2) is 29.4 Å². The number of amides is 1. The third-order valence-corrected chi connectivity index (χ3v) is 3.71. The van der Waals surface area contributed by atoms with Crippen molar-refractivity contribution in [3.8, 4) is 17.1 Å². The van der Waals surface area contributed by atoms with Gasteiger partial charge in [-0.1, -0.05) is 23.9 Å². The number of nitrogens with two attached hydrogens (primary N) is 1. The highest BCUT2D eigenvalue weighted by Crippen LogP contribution is 2.30. The summed E-state index contributed by atoms with van der Waals surface area (Å²) in [6.07, 6.45) is 0. The smallest absolute Gasteiger partial charge is 0.227 e. The molecule has 0 atom stereocenters. The number of nitrogens with zero attached hydrogens (tertiary/aromatic N) is 3. The molecule has 0 aliphatic heterocycles. The van der Waals surface area contributed by atoms with Crippen LogP contribution in [0.25, 0.3) is 11.4 Å². The molecule has 6 nitrogen and oxygen atoms in total. The minimum absolute atomic E-state index is 0.185. The molecule has 1 aromatic heterocycles. The average molecular weight is 292 g/mol. The number of primary amides is 1. The summed E-state index contributed by atoms with van der Waals surface area (Å²) in [5.41, 5.74) is 6.03. The van der Waals surface area contributed by atoms with E-state index in [2.05, 4.69) is 10.2 Å². The maximum absolute atomic E-state index is 10.9. The molecular formula is C13H16N4O2S. The van der Waals surface area contributed by atoms with E-state index in [1.165, 1.54) is 11.8 Å². The van der Waals surface area contributed by atoms with E-state index in [1.807, 2.05) is 35.8 Å². The first-order valence-corrected chi connectivity index (χ1v) is 7.13. The van der Waals surface area contributed by atoms with Crippen LogP contribution in [-0.2, 0) is 11.3 Å². The standard InChI is InChI=1S/C13H16N4O2S/c1-3-17-12(9-6-4-5-7-10(9)19-2)15-16-13(17)20-8-11(14)18/h4-7H,3,8H2,1-2H3,(H2,14,18). The highest BCUT2D eigenvalue weighted by molar-refractivity contribution is 7.99. The molecule has 1 amide bonds. The van der Waals surface area contributed by atoms with Gasteiger partial charge >= 0.3 is 0 Å². The fourth-order valence-corrected chi connectivity index (χ4v) is 2.59. The summed E-state index contributed by atoms with van der Waals surface area (Å²) in [5, 5.41) is 9.00. The van der Waals surface area contributed by atoms with E-state index < -0.39 is 0 Å². The fraction of sp³-hybridized carbons (Fsp3) is 0.308. The monoisotopic (exact) mass is 292 g/mol. The third kappa shape index (κ3) is 2.93. The molecule has 0 unspecified atom stereocenters. The molecule has 1 aromatic carbocycles. The number of carbonyl (C=O) groups excluding carboxylic acids is 1. The highest BCUT2D eigenvalue weighted by Gasteiger charge is 2.16. The summed E-state index contributed by atoms with van der Waals surface area (Å²) < 4.78 is 7.28. The van der Waals surface area contributed by atoms with Gasteiger partial charge in [-0.15, -0.1) is 10.2 Å². The maximum Gasteiger partial charge on any atom is 0.227 e. The second kappa shape index (κ2) is 6.42. The molecule has 106 valence electrons. The zero-order chi connectivity index (χ0) is 14.5. The molecule has 1 heterocycles.